The average molecular weight is 380 g/mol. The van der Waals surface area contributed by atoms with Gasteiger partial charge in [-0.05, 0) is 18.2 Å². The van der Waals surface area contributed by atoms with E-state index in [4.69, 9.17) is 9.57 Å². The number of benzene rings is 1. The Kier molecular flexibility index (Phi) is 5.22. The molecule has 0 bridgehead atoms. The maximum absolute atomic E-state index is 13.4. The zero-order valence-electron chi connectivity index (χ0n) is 14.5. The van der Waals surface area contributed by atoms with Crippen molar-refractivity contribution in [2.24, 2.45) is 5.16 Å². The molecular formula is C18H18F2N2O5. The molecule has 0 aliphatic carbocycles. The number of esters is 1. The van der Waals surface area contributed by atoms with Gasteiger partial charge in [-0.2, -0.15) is 0 Å². The van der Waals surface area contributed by atoms with Crippen LogP contribution in [-0.2, 0) is 23.9 Å². The molecule has 1 saturated heterocycles. The van der Waals surface area contributed by atoms with Crippen LogP contribution in [0.1, 0.15) is 18.4 Å². The van der Waals surface area contributed by atoms with Crippen molar-refractivity contribution in [3.8, 4) is 0 Å². The number of ether oxygens (including phenoxy) is 2. The van der Waals surface area contributed by atoms with Crippen LogP contribution in [0.5, 0.6) is 0 Å². The van der Waals surface area contributed by atoms with Gasteiger partial charge in [0, 0.05) is 24.5 Å². The molecule has 144 valence electrons. The first-order valence-corrected chi connectivity index (χ1v) is 8.22. The molecule has 3 atom stereocenters. The van der Waals surface area contributed by atoms with Crippen molar-refractivity contribution in [2.75, 3.05) is 13.7 Å². The number of methoxy groups -OCH3 is 1. The fraction of sp³-hybridized carbons (Fsp3) is 0.389. The van der Waals surface area contributed by atoms with E-state index < -0.39 is 41.3 Å². The molecule has 7 nitrogen and oxygen atoms in total. The zero-order chi connectivity index (χ0) is 19.6. The Morgan fingerprint density at radius 2 is 2.07 bits per heavy atom. The Balaban J connectivity index is 1.67. The summed E-state index contributed by atoms with van der Waals surface area (Å²) in [6.45, 7) is 3.76. The third-order valence-corrected chi connectivity index (χ3v) is 4.46. The van der Waals surface area contributed by atoms with E-state index in [0.717, 1.165) is 18.2 Å². The van der Waals surface area contributed by atoms with E-state index in [0.29, 0.717) is 0 Å². The van der Waals surface area contributed by atoms with Crippen molar-refractivity contribution in [2.45, 2.75) is 30.6 Å². The Morgan fingerprint density at radius 3 is 2.70 bits per heavy atom. The number of halogens is 2. The van der Waals surface area contributed by atoms with Gasteiger partial charge in [-0.3, -0.25) is 4.79 Å². The molecule has 0 radical (unpaired) electrons. The Hall–Kier alpha value is -2.81. The minimum Gasteiger partial charge on any atom is -0.467 e. The van der Waals surface area contributed by atoms with Gasteiger partial charge in [0.1, 0.15) is 11.6 Å². The van der Waals surface area contributed by atoms with Crippen LogP contribution >= 0.6 is 0 Å². The monoisotopic (exact) mass is 380 g/mol. The van der Waals surface area contributed by atoms with Crippen molar-refractivity contribution in [3.05, 3.63) is 48.1 Å². The zero-order valence-corrected chi connectivity index (χ0v) is 14.5. The number of carbonyl (C=O) groups excluding carboxylic acids is 2. The summed E-state index contributed by atoms with van der Waals surface area (Å²) in [7, 11) is 1.25. The number of amides is 1. The van der Waals surface area contributed by atoms with Crippen LogP contribution in [0.4, 0.5) is 8.78 Å². The standard InChI is InChI=1S/C18H18F2N2O5/c1-3-18(17(24)21-13-7-15(26-9-13)16(23)25-2)8-14(22-27-18)10-4-11(19)6-12(20)5-10/h3-6,13,15H,1,7-9H2,2H3,(H,21,24)/t13-,15+,18+/m0/s1. The van der Waals surface area contributed by atoms with E-state index in [-0.39, 0.29) is 30.7 Å². The van der Waals surface area contributed by atoms with Gasteiger partial charge in [-0.15, -0.1) is 0 Å². The smallest absolute Gasteiger partial charge is 0.335 e. The van der Waals surface area contributed by atoms with Crippen LogP contribution in [0.25, 0.3) is 0 Å². The molecule has 9 heteroatoms. The lowest BCUT2D eigenvalue weighted by atomic mass is 9.92. The lowest BCUT2D eigenvalue weighted by Crippen LogP contribution is -2.49. The van der Waals surface area contributed by atoms with E-state index in [1.165, 1.54) is 13.2 Å². The van der Waals surface area contributed by atoms with E-state index in [1.54, 1.807) is 0 Å². The summed E-state index contributed by atoms with van der Waals surface area (Å²) in [5.74, 6) is -2.57. The summed E-state index contributed by atoms with van der Waals surface area (Å²) in [6, 6.07) is 2.53. The highest BCUT2D eigenvalue weighted by atomic mass is 19.1. The average Bonchev–Trinajstić information content (AvgIpc) is 3.28. The Morgan fingerprint density at radius 1 is 1.37 bits per heavy atom. The minimum absolute atomic E-state index is 0.0424. The quantitative estimate of drug-likeness (QED) is 0.617. The van der Waals surface area contributed by atoms with Gasteiger partial charge in [0.15, 0.2) is 6.10 Å². The van der Waals surface area contributed by atoms with Crippen molar-refractivity contribution in [1.29, 1.82) is 0 Å². The van der Waals surface area contributed by atoms with E-state index in [1.807, 2.05) is 0 Å². The maximum atomic E-state index is 13.4. The minimum atomic E-state index is -1.51. The molecule has 2 aliphatic heterocycles. The highest BCUT2D eigenvalue weighted by Crippen LogP contribution is 2.29. The Bertz CT molecular complexity index is 793. The highest BCUT2D eigenvalue weighted by Gasteiger charge is 2.46. The molecule has 27 heavy (non-hydrogen) atoms. The van der Waals surface area contributed by atoms with Gasteiger partial charge in [-0.25, -0.2) is 13.6 Å². The van der Waals surface area contributed by atoms with Crippen molar-refractivity contribution in [3.63, 3.8) is 0 Å². The number of carbonyl (C=O) groups is 2. The molecule has 1 aromatic rings. The van der Waals surface area contributed by atoms with E-state index >= 15 is 0 Å². The molecule has 1 amide bonds. The van der Waals surface area contributed by atoms with Crippen molar-refractivity contribution in [1.82, 2.24) is 5.32 Å². The second-order valence-electron chi connectivity index (χ2n) is 6.31. The molecule has 0 unspecified atom stereocenters. The normalized spacial score (nSPS) is 26.9. The van der Waals surface area contributed by atoms with E-state index in [2.05, 4.69) is 21.8 Å². The third kappa shape index (κ3) is 3.82. The number of rotatable bonds is 5. The number of hydrogen-bond acceptors (Lipinski definition) is 6. The van der Waals surface area contributed by atoms with Gasteiger partial charge in [0.2, 0.25) is 5.60 Å². The first-order chi connectivity index (χ1) is 12.9. The topological polar surface area (TPSA) is 86.2 Å². The molecule has 0 aromatic heterocycles. The van der Waals surface area contributed by atoms with Crippen molar-refractivity contribution < 1.29 is 32.7 Å². The van der Waals surface area contributed by atoms with Crippen LogP contribution in [0.3, 0.4) is 0 Å². The second-order valence-corrected chi connectivity index (χ2v) is 6.31. The van der Waals surface area contributed by atoms with Gasteiger partial charge >= 0.3 is 5.97 Å². The molecule has 1 N–H and O–H groups in total. The lowest BCUT2D eigenvalue weighted by molar-refractivity contribution is -0.151. The second kappa shape index (κ2) is 7.43. The predicted octanol–water partition coefficient (Wildman–Crippen LogP) is 1.46. The summed E-state index contributed by atoms with van der Waals surface area (Å²) in [4.78, 5) is 29.5. The summed E-state index contributed by atoms with van der Waals surface area (Å²) in [5.41, 5.74) is -1.11. The van der Waals surface area contributed by atoms with Gasteiger partial charge in [0.25, 0.3) is 5.91 Å². The fourth-order valence-electron chi connectivity index (χ4n) is 2.98. The molecule has 1 fully saturated rings. The van der Waals surface area contributed by atoms with Crippen LogP contribution in [0.2, 0.25) is 0 Å². The summed E-state index contributed by atoms with van der Waals surface area (Å²) >= 11 is 0. The molecule has 1 aromatic carbocycles. The Labute approximate surface area is 154 Å². The predicted molar refractivity (Wildman–Crippen MR) is 89.8 cm³/mol. The highest BCUT2D eigenvalue weighted by molar-refractivity contribution is 6.06. The number of hydrogen-bond donors (Lipinski definition) is 1. The maximum Gasteiger partial charge on any atom is 0.335 e. The molecular weight excluding hydrogens is 362 g/mol. The number of oxime groups is 1. The molecule has 0 saturated carbocycles. The van der Waals surface area contributed by atoms with E-state index in [9.17, 15) is 18.4 Å². The van der Waals surface area contributed by atoms with Crippen molar-refractivity contribution >= 4 is 17.6 Å². The molecule has 2 aliphatic rings. The number of nitrogens with zero attached hydrogens (tertiary/aromatic N) is 1. The third-order valence-electron chi connectivity index (χ3n) is 4.46. The van der Waals surface area contributed by atoms with Gasteiger partial charge in [0.05, 0.1) is 25.5 Å². The van der Waals surface area contributed by atoms with Crippen LogP contribution in [0, 0.1) is 11.6 Å². The van der Waals surface area contributed by atoms with Gasteiger partial charge < -0.3 is 19.6 Å². The van der Waals surface area contributed by atoms with Gasteiger partial charge in [-0.1, -0.05) is 11.7 Å². The summed E-state index contributed by atoms with van der Waals surface area (Å²) < 4.78 is 36.8. The van der Waals surface area contributed by atoms with Crippen LogP contribution < -0.4 is 5.32 Å². The first-order valence-electron chi connectivity index (χ1n) is 8.22. The molecule has 2 heterocycles. The summed E-state index contributed by atoms with van der Waals surface area (Å²) in [6.07, 6.45) is 0.752. The molecule has 0 spiro atoms. The largest absolute Gasteiger partial charge is 0.467 e. The SMILES string of the molecule is C=C[C@]1(C(=O)N[C@@H]2CO[C@@H](C(=O)OC)C2)CC(c2cc(F)cc(F)c2)=NO1. The molecule has 3 rings (SSSR count). The lowest BCUT2D eigenvalue weighted by Gasteiger charge is -2.23. The summed E-state index contributed by atoms with van der Waals surface area (Å²) in [5, 5.41) is 6.54. The number of nitrogens with one attached hydrogen (secondary N) is 1. The fourth-order valence-corrected chi connectivity index (χ4v) is 2.98. The van der Waals surface area contributed by atoms with Crippen LogP contribution in [-0.4, -0.2) is 49.1 Å². The van der Waals surface area contributed by atoms with Crippen LogP contribution in [0.15, 0.2) is 36.0 Å². The first kappa shape index (κ1) is 19.0.